The number of nitrogens with one attached hydrogen (secondary N) is 3. The fourth-order valence-electron chi connectivity index (χ4n) is 4.96. The number of carbonyl (C=O) groups is 2. The molecule has 1 aliphatic rings. The normalized spacial score (nSPS) is 16.2. The molecule has 0 aliphatic carbocycles. The minimum atomic E-state index is -1.10. The van der Waals surface area contributed by atoms with Crippen LogP contribution in [0.1, 0.15) is 57.2 Å². The molecule has 0 saturated carbocycles. The van der Waals surface area contributed by atoms with Gasteiger partial charge in [0.05, 0.1) is 29.4 Å². The highest BCUT2D eigenvalue weighted by Gasteiger charge is 2.26. The first-order valence-electron chi connectivity index (χ1n) is 14.0. The van der Waals surface area contributed by atoms with Gasteiger partial charge in [0, 0.05) is 32.3 Å². The third kappa shape index (κ3) is 8.91. The fraction of sp³-hybridized carbons (Fsp3) is 0.375. The first-order chi connectivity index (χ1) is 19.8. The van der Waals surface area contributed by atoms with Gasteiger partial charge in [-0.15, -0.1) is 0 Å². The second-order valence-corrected chi connectivity index (χ2v) is 10.3. The first kappa shape index (κ1) is 30.3. The van der Waals surface area contributed by atoms with Crippen LogP contribution in [0.2, 0.25) is 0 Å². The van der Waals surface area contributed by atoms with Gasteiger partial charge in [-0.3, -0.25) is 9.59 Å². The van der Waals surface area contributed by atoms with Crippen molar-refractivity contribution < 1.29 is 28.2 Å². The van der Waals surface area contributed by atoms with Gasteiger partial charge < -0.3 is 25.8 Å². The molecule has 0 radical (unpaired) electrons. The molecular formula is C32H37F2N3O4. The van der Waals surface area contributed by atoms with Crippen molar-refractivity contribution in [3.05, 3.63) is 106 Å². The van der Waals surface area contributed by atoms with Crippen LogP contribution < -0.4 is 16.0 Å². The Labute approximate surface area is 239 Å². The van der Waals surface area contributed by atoms with E-state index < -0.39 is 35.6 Å². The summed E-state index contributed by atoms with van der Waals surface area (Å²) in [5, 5.41) is 19.9. The van der Waals surface area contributed by atoms with Gasteiger partial charge >= 0.3 is 0 Å². The van der Waals surface area contributed by atoms with Crippen molar-refractivity contribution in [2.45, 2.75) is 57.4 Å². The van der Waals surface area contributed by atoms with Crippen LogP contribution >= 0.6 is 0 Å². The van der Waals surface area contributed by atoms with E-state index in [0.717, 1.165) is 30.9 Å². The molecule has 1 heterocycles. The molecule has 0 bridgehead atoms. The number of aliphatic hydroxyl groups excluding tert-OH is 1. The van der Waals surface area contributed by atoms with Crippen molar-refractivity contribution in [1.82, 2.24) is 16.0 Å². The van der Waals surface area contributed by atoms with Gasteiger partial charge in [-0.25, -0.2) is 8.78 Å². The lowest BCUT2D eigenvalue weighted by atomic mass is 9.99. The molecule has 4 N–H and O–H groups in total. The Hall–Kier alpha value is -3.66. The van der Waals surface area contributed by atoms with E-state index in [1.54, 1.807) is 18.2 Å². The average molecular weight is 566 g/mol. The van der Waals surface area contributed by atoms with E-state index in [2.05, 4.69) is 28.9 Å². The van der Waals surface area contributed by atoms with Crippen LogP contribution in [0.15, 0.2) is 66.7 Å². The summed E-state index contributed by atoms with van der Waals surface area (Å²) in [6.45, 7) is 3.69. The summed E-state index contributed by atoms with van der Waals surface area (Å²) >= 11 is 0. The van der Waals surface area contributed by atoms with Gasteiger partial charge in [-0.2, -0.15) is 0 Å². The largest absolute Gasteiger partial charge is 0.390 e. The third-order valence-corrected chi connectivity index (χ3v) is 7.17. The van der Waals surface area contributed by atoms with Crippen LogP contribution in [0.4, 0.5) is 8.78 Å². The van der Waals surface area contributed by atoms with Crippen LogP contribution in [0.5, 0.6) is 0 Å². The van der Waals surface area contributed by atoms with Crippen molar-refractivity contribution >= 4 is 11.8 Å². The van der Waals surface area contributed by atoms with E-state index in [1.807, 2.05) is 18.2 Å². The van der Waals surface area contributed by atoms with E-state index >= 15 is 0 Å². The molecule has 9 heteroatoms. The van der Waals surface area contributed by atoms with Crippen molar-refractivity contribution in [1.29, 1.82) is 0 Å². The monoisotopic (exact) mass is 565 g/mol. The summed E-state index contributed by atoms with van der Waals surface area (Å²) in [5.74, 6) is -2.49. The van der Waals surface area contributed by atoms with Gasteiger partial charge in [0.2, 0.25) is 0 Å². The minimum Gasteiger partial charge on any atom is -0.390 e. The molecule has 1 saturated heterocycles. The lowest BCUT2D eigenvalue weighted by molar-refractivity contribution is 0.0813. The zero-order valence-corrected chi connectivity index (χ0v) is 23.2. The summed E-state index contributed by atoms with van der Waals surface area (Å²) in [5.41, 5.74) is 2.84. The summed E-state index contributed by atoms with van der Waals surface area (Å²) in [4.78, 5) is 26.4. The number of ether oxygens (including phenoxy) is 1. The van der Waals surface area contributed by atoms with E-state index in [0.29, 0.717) is 19.7 Å². The summed E-state index contributed by atoms with van der Waals surface area (Å²) in [6, 6.07) is 16.7. The predicted octanol–water partition coefficient (Wildman–Crippen LogP) is 3.93. The number of aliphatic hydroxyl groups is 1. The molecule has 3 atom stereocenters. The molecule has 4 rings (SSSR count). The summed E-state index contributed by atoms with van der Waals surface area (Å²) in [7, 11) is 0. The molecule has 1 fully saturated rings. The highest BCUT2D eigenvalue weighted by molar-refractivity contribution is 6.07. The van der Waals surface area contributed by atoms with Crippen molar-refractivity contribution in [3.63, 3.8) is 0 Å². The number of benzene rings is 3. The molecule has 1 aliphatic heterocycles. The zero-order valence-electron chi connectivity index (χ0n) is 23.2. The SMILES string of the molecule is CCc1cccc(CNC[C@@H](O)[C@H](Cc2cc(F)cc(F)c2)NC(=O)c2ccccc2C(=O)NCC2CCCO2)c1. The Morgan fingerprint density at radius 1 is 0.951 bits per heavy atom. The van der Waals surface area contributed by atoms with E-state index in [4.69, 9.17) is 4.74 Å². The van der Waals surface area contributed by atoms with Gasteiger partial charge in [0.15, 0.2) is 0 Å². The Morgan fingerprint density at radius 2 is 1.66 bits per heavy atom. The van der Waals surface area contributed by atoms with Gasteiger partial charge in [0.1, 0.15) is 11.6 Å². The quantitative estimate of drug-likeness (QED) is 0.252. The standard InChI is InChI=1S/C32H37F2N3O4/c1-2-21-7-5-8-22(13-21)18-35-20-30(38)29(16-23-14-24(33)17-25(34)15-23)37-32(40)28-11-4-3-10-27(28)31(39)36-19-26-9-6-12-41-26/h3-5,7-8,10-11,13-15,17,26,29-30,35,38H,2,6,9,12,16,18-20H2,1H3,(H,36,39)(H,37,40)/t26?,29-,30+/m0/s1. The Balaban J connectivity index is 1.47. The maximum Gasteiger partial charge on any atom is 0.252 e. The first-order valence-corrected chi connectivity index (χ1v) is 14.0. The lowest BCUT2D eigenvalue weighted by Crippen LogP contribution is -2.49. The van der Waals surface area contributed by atoms with Crippen molar-refractivity contribution in [2.75, 3.05) is 19.7 Å². The van der Waals surface area contributed by atoms with E-state index in [1.165, 1.54) is 23.8 Å². The maximum absolute atomic E-state index is 13.9. The summed E-state index contributed by atoms with van der Waals surface area (Å²) < 4.78 is 33.4. The molecule has 0 aromatic heterocycles. The molecule has 0 spiro atoms. The van der Waals surface area contributed by atoms with Crippen LogP contribution in [-0.4, -0.2) is 54.9 Å². The number of aryl methyl sites for hydroxylation is 1. The summed E-state index contributed by atoms with van der Waals surface area (Å²) in [6.07, 6.45) is 1.53. The highest BCUT2D eigenvalue weighted by Crippen LogP contribution is 2.16. The number of carbonyl (C=O) groups excluding carboxylic acids is 2. The van der Waals surface area contributed by atoms with Crippen LogP contribution in [-0.2, 0) is 24.1 Å². The lowest BCUT2D eigenvalue weighted by Gasteiger charge is -2.25. The van der Waals surface area contributed by atoms with Crippen LogP contribution in [0.3, 0.4) is 0 Å². The molecule has 7 nitrogen and oxygen atoms in total. The Morgan fingerprint density at radius 3 is 2.34 bits per heavy atom. The van der Waals surface area contributed by atoms with E-state index in [9.17, 15) is 23.5 Å². The molecule has 1 unspecified atom stereocenters. The van der Waals surface area contributed by atoms with Gasteiger partial charge in [-0.05, 0) is 66.6 Å². The molecule has 3 aromatic rings. The highest BCUT2D eigenvalue weighted by atomic mass is 19.1. The average Bonchev–Trinajstić information content (AvgIpc) is 3.49. The number of hydrogen-bond acceptors (Lipinski definition) is 5. The molecule has 41 heavy (non-hydrogen) atoms. The topological polar surface area (TPSA) is 99.7 Å². The minimum absolute atomic E-state index is 0.0258. The van der Waals surface area contributed by atoms with Gasteiger partial charge in [-0.1, -0.05) is 43.3 Å². The number of halogens is 2. The molecule has 218 valence electrons. The van der Waals surface area contributed by atoms with Crippen molar-refractivity contribution in [3.8, 4) is 0 Å². The second-order valence-electron chi connectivity index (χ2n) is 10.3. The number of amides is 2. The smallest absolute Gasteiger partial charge is 0.252 e. The van der Waals surface area contributed by atoms with Crippen molar-refractivity contribution in [2.24, 2.45) is 0 Å². The predicted molar refractivity (Wildman–Crippen MR) is 153 cm³/mol. The van der Waals surface area contributed by atoms with Crippen LogP contribution in [0, 0.1) is 11.6 Å². The fourth-order valence-corrected chi connectivity index (χ4v) is 4.96. The molecule has 3 aromatic carbocycles. The number of rotatable bonds is 13. The second kappa shape index (κ2) is 14.8. The maximum atomic E-state index is 13.9. The molecular weight excluding hydrogens is 528 g/mol. The zero-order chi connectivity index (χ0) is 29.2. The van der Waals surface area contributed by atoms with Gasteiger partial charge in [0.25, 0.3) is 11.8 Å². The Kier molecular flexibility index (Phi) is 11.0. The van der Waals surface area contributed by atoms with E-state index in [-0.39, 0.29) is 35.8 Å². The third-order valence-electron chi connectivity index (χ3n) is 7.17. The number of hydrogen-bond donors (Lipinski definition) is 4. The Bertz CT molecular complexity index is 1310. The van der Waals surface area contributed by atoms with Crippen LogP contribution in [0.25, 0.3) is 0 Å². The molecule has 2 amide bonds.